The van der Waals surface area contributed by atoms with Crippen molar-refractivity contribution in [2.75, 3.05) is 27.2 Å². The summed E-state index contributed by atoms with van der Waals surface area (Å²) in [5.41, 5.74) is 0. The number of rotatable bonds is 5. The molecule has 4 amide bonds. The summed E-state index contributed by atoms with van der Waals surface area (Å²) in [6.45, 7) is 13.0. The summed E-state index contributed by atoms with van der Waals surface area (Å²) in [5, 5.41) is 2.89. The largest absolute Gasteiger partial charge is 0.450 e. The smallest absolute Gasteiger partial charge is 0.329 e. The molecule has 1 N–H and O–H groups in total. The summed E-state index contributed by atoms with van der Waals surface area (Å²) in [4.78, 5) is 70.8. The van der Waals surface area contributed by atoms with E-state index in [9.17, 15) is 24.0 Å². The van der Waals surface area contributed by atoms with E-state index in [0.29, 0.717) is 19.4 Å². The molecule has 2 aliphatic rings. The highest BCUT2D eigenvalue weighted by Crippen LogP contribution is 2.28. The molecule has 202 valence electrons. The Balaban J connectivity index is 2.59. The van der Waals surface area contributed by atoms with Gasteiger partial charge < -0.3 is 24.8 Å². The predicted octanol–water partition coefficient (Wildman–Crippen LogP) is 1.20. The Hall–Kier alpha value is -2.91. The van der Waals surface area contributed by atoms with Gasteiger partial charge in [-0.2, -0.15) is 0 Å². The van der Waals surface area contributed by atoms with E-state index in [1.54, 1.807) is 0 Å². The van der Waals surface area contributed by atoms with Crippen LogP contribution in [-0.4, -0.2) is 95.7 Å². The van der Waals surface area contributed by atoms with Crippen LogP contribution in [0.1, 0.15) is 53.9 Å². The normalized spacial score (nSPS) is 29.9. The Kier molecular flexibility index (Phi) is 10.1. The number of nitrogens with one attached hydrogen (secondary N) is 1. The first-order valence-electron chi connectivity index (χ1n) is 12.8. The van der Waals surface area contributed by atoms with E-state index in [1.165, 1.54) is 34.9 Å². The van der Waals surface area contributed by atoms with Crippen molar-refractivity contribution in [1.82, 2.24) is 20.0 Å². The quantitative estimate of drug-likeness (QED) is 0.442. The molecule has 36 heavy (non-hydrogen) atoms. The molecular formula is C26H42N4O6. The van der Waals surface area contributed by atoms with Gasteiger partial charge in [0.05, 0.1) is 6.54 Å². The fourth-order valence-corrected chi connectivity index (χ4v) is 4.93. The van der Waals surface area contributed by atoms with Crippen molar-refractivity contribution in [3.8, 4) is 0 Å². The van der Waals surface area contributed by atoms with Gasteiger partial charge in [0.25, 0.3) is 5.91 Å². The Morgan fingerprint density at radius 3 is 2.31 bits per heavy atom. The van der Waals surface area contributed by atoms with Gasteiger partial charge in [-0.05, 0) is 24.2 Å². The monoisotopic (exact) mass is 506 g/mol. The van der Waals surface area contributed by atoms with Gasteiger partial charge in [-0.1, -0.05) is 47.1 Å². The molecular weight excluding hydrogens is 464 g/mol. The lowest BCUT2D eigenvalue weighted by Crippen LogP contribution is -2.59. The SMILES string of the molecule is C=CCC1OC(=O)[C@@H]2C(C)CCN2C(=O)[C@H]([C@@H](C)CC)NC(=O)[C@H](C(C)C)N(C)C(=O)CN(C)C1=O. The van der Waals surface area contributed by atoms with Crippen LogP contribution in [0.5, 0.6) is 0 Å². The Labute approximate surface area is 214 Å². The lowest BCUT2D eigenvalue weighted by molar-refractivity contribution is -0.166. The first-order chi connectivity index (χ1) is 16.8. The zero-order valence-electron chi connectivity index (χ0n) is 22.7. The molecule has 10 nitrogen and oxygen atoms in total. The average Bonchev–Trinajstić information content (AvgIpc) is 3.21. The van der Waals surface area contributed by atoms with Crippen molar-refractivity contribution >= 4 is 29.6 Å². The van der Waals surface area contributed by atoms with Crippen molar-refractivity contribution in [2.24, 2.45) is 17.8 Å². The maximum absolute atomic E-state index is 13.8. The van der Waals surface area contributed by atoms with E-state index < -0.39 is 47.9 Å². The number of nitrogens with zero attached hydrogens (tertiary/aromatic N) is 3. The van der Waals surface area contributed by atoms with Crippen LogP contribution in [0, 0.1) is 17.8 Å². The molecule has 0 aromatic carbocycles. The fourth-order valence-electron chi connectivity index (χ4n) is 4.93. The molecule has 2 heterocycles. The summed E-state index contributed by atoms with van der Waals surface area (Å²) >= 11 is 0. The first kappa shape index (κ1) is 29.3. The van der Waals surface area contributed by atoms with Gasteiger partial charge in [0.1, 0.15) is 18.1 Å². The first-order valence-corrected chi connectivity index (χ1v) is 12.8. The molecule has 0 aliphatic carbocycles. The highest BCUT2D eigenvalue weighted by molar-refractivity contribution is 5.96. The van der Waals surface area contributed by atoms with E-state index in [0.717, 1.165) is 0 Å². The Morgan fingerprint density at radius 1 is 1.11 bits per heavy atom. The lowest BCUT2D eigenvalue weighted by Gasteiger charge is -2.35. The topological polar surface area (TPSA) is 116 Å². The molecule has 2 rings (SSSR count). The third kappa shape index (κ3) is 6.25. The third-order valence-electron chi connectivity index (χ3n) is 7.38. The minimum Gasteiger partial charge on any atom is -0.450 e. The minimum atomic E-state index is -1.17. The second-order valence-corrected chi connectivity index (χ2v) is 10.5. The molecule has 0 aromatic rings. The molecule has 2 aliphatic heterocycles. The minimum absolute atomic E-state index is 0.0676. The molecule has 2 fully saturated rings. The van der Waals surface area contributed by atoms with Crippen molar-refractivity contribution in [3.05, 3.63) is 12.7 Å². The van der Waals surface area contributed by atoms with Crippen LogP contribution in [0.4, 0.5) is 0 Å². The molecule has 0 spiro atoms. The second kappa shape index (κ2) is 12.4. The fraction of sp³-hybridized carbons (Fsp3) is 0.731. The number of esters is 1. The van der Waals surface area contributed by atoms with Gasteiger partial charge in [-0.25, -0.2) is 4.79 Å². The van der Waals surface area contributed by atoms with Crippen molar-refractivity contribution in [1.29, 1.82) is 0 Å². The van der Waals surface area contributed by atoms with Crippen LogP contribution in [0.2, 0.25) is 0 Å². The van der Waals surface area contributed by atoms with Gasteiger partial charge in [0.15, 0.2) is 6.10 Å². The van der Waals surface area contributed by atoms with Crippen LogP contribution in [0.3, 0.4) is 0 Å². The van der Waals surface area contributed by atoms with E-state index in [1.807, 2.05) is 34.6 Å². The van der Waals surface area contributed by atoms with Crippen LogP contribution >= 0.6 is 0 Å². The Bertz CT molecular complexity index is 874. The van der Waals surface area contributed by atoms with E-state index in [2.05, 4.69) is 11.9 Å². The van der Waals surface area contributed by atoms with Crippen LogP contribution < -0.4 is 5.32 Å². The van der Waals surface area contributed by atoms with Crippen LogP contribution in [0.15, 0.2) is 12.7 Å². The number of amides is 4. The van der Waals surface area contributed by atoms with Gasteiger partial charge in [-0.3, -0.25) is 19.2 Å². The van der Waals surface area contributed by atoms with E-state index in [-0.39, 0.29) is 36.6 Å². The molecule has 2 unspecified atom stereocenters. The predicted molar refractivity (Wildman–Crippen MR) is 134 cm³/mol. The van der Waals surface area contributed by atoms with Crippen molar-refractivity contribution < 1.29 is 28.7 Å². The standard InChI is InChI=1S/C26H42N4O6/c1-9-11-18-24(33)28(7)14-19(31)29(8)21(15(3)4)23(32)27-20(16(5)10-2)25(34)30-13-12-17(6)22(30)26(35)36-18/h9,15-18,20-22H,1,10-14H2,2-8H3,(H,27,32)/t16-,17?,18?,20-,21-,22-/m0/s1. The highest BCUT2D eigenvalue weighted by Gasteiger charge is 2.46. The molecule has 0 radical (unpaired) electrons. The number of carbonyl (C=O) groups excluding carboxylic acids is 5. The third-order valence-corrected chi connectivity index (χ3v) is 7.38. The summed E-state index contributed by atoms with van der Waals surface area (Å²) < 4.78 is 5.64. The maximum atomic E-state index is 13.8. The summed E-state index contributed by atoms with van der Waals surface area (Å²) in [7, 11) is 2.97. The zero-order valence-corrected chi connectivity index (χ0v) is 22.7. The number of fused-ring (bicyclic) bond motifs is 1. The zero-order chi connectivity index (χ0) is 27.3. The molecule has 0 aromatic heterocycles. The Morgan fingerprint density at radius 2 is 1.75 bits per heavy atom. The van der Waals surface area contributed by atoms with Crippen molar-refractivity contribution in [3.63, 3.8) is 0 Å². The summed E-state index contributed by atoms with van der Waals surface area (Å²) in [5.74, 6) is -3.11. The lowest BCUT2D eigenvalue weighted by atomic mass is 9.95. The number of likely N-dealkylation sites (N-methyl/N-ethyl adjacent to an activating group) is 2. The van der Waals surface area contributed by atoms with E-state index >= 15 is 0 Å². The summed E-state index contributed by atoms with van der Waals surface area (Å²) in [6, 6.07) is -2.59. The van der Waals surface area contributed by atoms with Gasteiger partial charge in [-0.15, -0.1) is 6.58 Å². The number of ether oxygens (including phenoxy) is 1. The number of hydrogen-bond acceptors (Lipinski definition) is 6. The molecule has 10 heteroatoms. The van der Waals surface area contributed by atoms with Crippen LogP contribution in [0.25, 0.3) is 0 Å². The van der Waals surface area contributed by atoms with Crippen LogP contribution in [-0.2, 0) is 28.7 Å². The van der Waals surface area contributed by atoms with Crippen molar-refractivity contribution in [2.45, 2.75) is 78.1 Å². The molecule has 0 bridgehead atoms. The van der Waals surface area contributed by atoms with Gasteiger partial charge >= 0.3 is 5.97 Å². The highest BCUT2D eigenvalue weighted by atomic mass is 16.5. The van der Waals surface area contributed by atoms with E-state index in [4.69, 9.17) is 4.74 Å². The number of carbonyl (C=O) groups is 5. The molecule has 0 saturated carbocycles. The van der Waals surface area contributed by atoms with Gasteiger partial charge in [0, 0.05) is 27.1 Å². The number of hydrogen-bond donors (Lipinski definition) is 1. The van der Waals surface area contributed by atoms with Gasteiger partial charge in [0.2, 0.25) is 17.7 Å². The number of cyclic esters (lactones) is 1. The second-order valence-electron chi connectivity index (χ2n) is 10.5. The average molecular weight is 507 g/mol. The molecule has 6 atom stereocenters. The molecule has 2 saturated heterocycles. The maximum Gasteiger partial charge on any atom is 0.329 e. The summed E-state index contributed by atoms with van der Waals surface area (Å²) in [6.07, 6.45) is 1.59.